The van der Waals surface area contributed by atoms with Gasteiger partial charge in [0.25, 0.3) is 0 Å². The quantitative estimate of drug-likeness (QED) is 0.940. The summed E-state index contributed by atoms with van der Waals surface area (Å²) in [6.45, 7) is 0. The van der Waals surface area contributed by atoms with E-state index >= 15 is 0 Å². The van der Waals surface area contributed by atoms with Gasteiger partial charge in [-0.15, -0.1) is 13.2 Å². The normalized spacial score (nSPS) is 13.3. The summed E-state index contributed by atoms with van der Waals surface area (Å²) in [7, 11) is 1.70. The molecule has 19 heavy (non-hydrogen) atoms. The third-order valence-electron chi connectivity index (χ3n) is 2.39. The third kappa shape index (κ3) is 3.65. The van der Waals surface area contributed by atoms with Crippen LogP contribution in [0.15, 0.2) is 30.5 Å². The maximum absolute atomic E-state index is 12.2. The predicted molar refractivity (Wildman–Crippen MR) is 63.9 cm³/mol. The van der Waals surface area contributed by atoms with Gasteiger partial charge in [-0.2, -0.15) is 8.75 Å². The first-order chi connectivity index (χ1) is 8.99. The number of nitrogens with one attached hydrogen (secondary N) is 1. The molecule has 8 heteroatoms. The molecular weight excluding hydrogens is 279 g/mol. The SMILES string of the molecule is CNC(c1cccc(OC(F)(F)F)c1)c1cnsn1. The van der Waals surface area contributed by atoms with Crippen LogP contribution in [0.25, 0.3) is 0 Å². The number of nitrogens with zero attached hydrogens (tertiary/aromatic N) is 2. The van der Waals surface area contributed by atoms with Crippen molar-refractivity contribution in [2.75, 3.05) is 7.05 Å². The van der Waals surface area contributed by atoms with Gasteiger partial charge in [-0.25, -0.2) is 0 Å². The number of hydrogen-bond acceptors (Lipinski definition) is 5. The Morgan fingerprint density at radius 1 is 1.37 bits per heavy atom. The first kappa shape index (κ1) is 13.8. The summed E-state index contributed by atoms with van der Waals surface area (Å²) in [5.41, 5.74) is 1.27. The van der Waals surface area contributed by atoms with Crippen LogP contribution in [0.1, 0.15) is 17.3 Å². The fourth-order valence-corrected chi connectivity index (χ4v) is 2.12. The van der Waals surface area contributed by atoms with Crippen LogP contribution in [0.5, 0.6) is 5.75 Å². The van der Waals surface area contributed by atoms with Crippen LogP contribution in [0.2, 0.25) is 0 Å². The number of ether oxygens (including phenoxy) is 1. The van der Waals surface area contributed by atoms with Crippen molar-refractivity contribution < 1.29 is 17.9 Å². The van der Waals surface area contributed by atoms with Crippen molar-refractivity contribution in [1.82, 2.24) is 14.1 Å². The molecule has 0 bridgehead atoms. The average Bonchev–Trinajstić information content (AvgIpc) is 2.82. The summed E-state index contributed by atoms with van der Waals surface area (Å²) >= 11 is 1.04. The predicted octanol–water partition coefficient (Wildman–Crippen LogP) is 2.75. The second kappa shape index (κ2) is 5.54. The Morgan fingerprint density at radius 3 is 2.74 bits per heavy atom. The van der Waals surface area contributed by atoms with E-state index in [1.54, 1.807) is 19.3 Å². The lowest BCUT2D eigenvalue weighted by atomic mass is 10.0. The maximum atomic E-state index is 12.2. The molecule has 1 aromatic carbocycles. The largest absolute Gasteiger partial charge is 0.573 e. The molecule has 0 aliphatic carbocycles. The summed E-state index contributed by atoms with van der Waals surface area (Å²) in [4.78, 5) is 0. The van der Waals surface area contributed by atoms with Gasteiger partial charge < -0.3 is 10.1 Å². The zero-order valence-electron chi connectivity index (χ0n) is 9.81. The third-order valence-corrected chi connectivity index (χ3v) is 2.88. The fourth-order valence-electron chi connectivity index (χ4n) is 1.68. The summed E-state index contributed by atoms with van der Waals surface area (Å²) in [6.07, 6.45) is -3.13. The Bertz CT molecular complexity index is 530. The number of alkyl halides is 3. The maximum Gasteiger partial charge on any atom is 0.573 e. The van der Waals surface area contributed by atoms with E-state index in [4.69, 9.17) is 0 Å². The number of aromatic nitrogens is 2. The molecule has 0 fully saturated rings. The van der Waals surface area contributed by atoms with Crippen molar-refractivity contribution in [2.45, 2.75) is 12.4 Å². The summed E-state index contributed by atoms with van der Waals surface area (Å²) in [5.74, 6) is -0.256. The molecule has 0 saturated heterocycles. The molecule has 0 amide bonds. The Labute approximate surface area is 111 Å². The van der Waals surface area contributed by atoms with E-state index in [0.29, 0.717) is 11.3 Å². The number of benzene rings is 1. The summed E-state index contributed by atoms with van der Waals surface area (Å²) in [6, 6.07) is 5.46. The van der Waals surface area contributed by atoms with Gasteiger partial charge in [0, 0.05) is 0 Å². The minimum absolute atomic E-state index is 0.256. The highest BCUT2D eigenvalue weighted by molar-refractivity contribution is 6.99. The number of hydrogen-bond donors (Lipinski definition) is 1. The van der Waals surface area contributed by atoms with E-state index in [1.165, 1.54) is 18.2 Å². The molecular formula is C11H10F3N3OS. The number of rotatable bonds is 4. The molecule has 0 spiro atoms. The lowest BCUT2D eigenvalue weighted by Crippen LogP contribution is -2.19. The van der Waals surface area contributed by atoms with Crippen LogP contribution in [0.3, 0.4) is 0 Å². The highest BCUT2D eigenvalue weighted by atomic mass is 32.1. The molecule has 4 nitrogen and oxygen atoms in total. The smallest absolute Gasteiger partial charge is 0.406 e. The lowest BCUT2D eigenvalue weighted by molar-refractivity contribution is -0.274. The molecule has 1 N–H and O–H groups in total. The molecule has 0 saturated carbocycles. The monoisotopic (exact) mass is 289 g/mol. The minimum Gasteiger partial charge on any atom is -0.406 e. The van der Waals surface area contributed by atoms with Gasteiger partial charge in [0.1, 0.15) is 5.75 Å². The molecule has 102 valence electrons. The second-order valence-corrected chi connectivity index (χ2v) is 4.23. The Morgan fingerprint density at radius 2 is 2.16 bits per heavy atom. The van der Waals surface area contributed by atoms with Crippen molar-refractivity contribution in [3.05, 3.63) is 41.7 Å². The van der Waals surface area contributed by atoms with Crippen molar-refractivity contribution in [2.24, 2.45) is 0 Å². The molecule has 2 rings (SSSR count). The molecule has 1 aromatic heterocycles. The minimum atomic E-state index is -4.70. The molecule has 2 aromatic rings. The Balaban J connectivity index is 2.27. The molecule has 0 radical (unpaired) electrons. The van der Waals surface area contributed by atoms with Crippen molar-refractivity contribution in [3.8, 4) is 5.75 Å². The van der Waals surface area contributed by atoms with Crippen molar-refractivity contribution >= 4 is 11.7 Å². The zero-order chi connectivity index (χ0) is 13.9. The second-order valence-electron chi connectivity index (χ2n) is 3.67. The molecule has 1 atom stereocenters. The van der Waals surface area contributed by atoms with Gasteiger partial charge in [-0.1, -0.05) is 12.1 Å². The standard InChI is InChI=1S/C11H10F3N3OS/c1-15-10(9-6-16-19-17-9)7-3-2-4-8(5-7)18-11(12,13)14/h2-6,10,15H,1H3. The van der Waals surface area contributed by atoms with Gasteiger partial charge in [0.15, 0.2) is 0 Å². The van der Waals surface area contributed by atoms with Gasteiger partial charge in [0.2, 0.25) is 0 Å². The number of halogens is 3. The highest BCUT2D eigenvalue weighted by Gasteiger charge is 2.31. The molecule has 1 heterocycles. The van der Waals surface area contributed by atoms with Crippen LogP contribution in [-0.4, -0.2) is 22.2 Å². The van der Waals surface area contributed by atoms with Crippen molar-refractivity contribution in [1.29, 1.82) is 0 Å². The molecule has 1 unspecified atom stereocenters. The molecule has 0 aliphatic rings. The topological polar surface area (TPSA) is 47.0 Å². The van der Waals surface area contributed by atoms with E-state index in [9.17, 15) is 13.2 Å². The molecule has 0 aliphatic heterocycles. The van der Waals surface area contributed by atoms with Gasteiger partial charge in [0.05, 0.1) is 29.7 Å². The van der Waals surface area contributed by atoms with E-state index in [2.05, 4.69) is 18.8 Å². The summed E-state index contributed by atoms with van der Waals surface area (Å²) < 4.78 is 48.4. The fraction of sp³-hybridized carbons (Fsp3) is 0.273. The average molecular weight is 289 g/mol. The van der Waals surface area contributed by atoms with Crippen LogP contribution in [0, 0.1) is 0 Å². The van der Waals surface area contributed by atoms with E-state index in [1.807, 2.05) is 0 Å². The zero-order valence-corrected chi connectivity index (χ0v) is 10.6. The van der Waals surface area contributed by atoms with Gasteiger partial charge >= 0.3 is 6.36 Å². The van der Waals surface area contributed by atoms with Crippen molar-refractivity contribution in [3.63, 3.8) is 0 Å². The lowest BCUT2D eigenvalue weighted by Gasteiger charge is -2.15. The summed E-state index contributed by atoms with van der Waals surface area (Å²) in [5, 5.41) is 2.98. The highest BCUT2D eigenvalue weighted by Crippen LogP contribution is 2.27. The first-order valence-electron chi connectivity index (χ1n) is 5.30. The van der Waals surface area contributed by atoms with Gasteiger partial charge in [-0.05, 0) is 24.7 Å². The Kier molecular flexibility index (Phi) is 4.01. The van der Waals surface area contributed by atoms with E-state index < -0.39 is 6.36 Å². The van der Waals surface area contributed by atoms with Crippen LogP contribution in [0.4, 0.5) is 13.2 Å². The van der Waals surface area contributed by atoms with Crippen LogP contribution in [-0.2, 0) is 0 Å². The van der Waals surface area contributed by atoms with Crippen LogP contribution >= 0.6 is 11.7 Å². The van der Waals surface area contributed by atoms with Gasteiger partial charge in [-0.3, -0.25) is 0 Å². The van der Waals surface area contributed by atoms with E-state index in [-0.39, 0.29) is 11.8 Å². The van der Waals surface area contributed by atoms with Crippen LogP contribution < -0.4 is 10.1 Å². The first-order valence-corrected chi connectivity index (χ1v) is 6.03. The van der Waals surface area contributed by atoms with E-state index in [0.717, 1.165) is 11.7 Å². The Hall–Kier alpha value is -1.67.